The highest BCUT2D eigenvalue weighted by Gasteiger charge is 2.20. The lowest BCUT2D eigenvalue weighted by molar-refractivity contribution is -0.385. The summed E-state index contributed by atoms with van der Waals surface area (Å²) in [6.45, 7) is 0. The second kappa shape index (κ2) is 5.70. The number of alkyl halides is 1. The summed E-state index contributed by atoms with van der Waals surface area (Å²) < 4.78 is 18.6. The minimum atomic E-state index is -0.845. The summed E-state index contributed by atoms with van der Waals surface area (Å²) in [6, 6.07) is 3.29. The number of nitrogens with zero attached hydrogens (tertiary/aromatic N) is 3. The molecule has 0 saturated carbocycles. The van der Waals surface area contributed by atoms with Gasteiger partial charge in [0, 0.05) is 23.8 Å². The quantitative estimate of drug-likeness (QED) is 0.489. The summed E-state index contributed by atoms with van der Waals surface area (Å²) in [4.78, 5) is 17.7. The van der Waals surface area contributed by atoms with Gasteiger partial charge in [-0.1, -0.05) is 22.0 Å². The Kier molecular flexibility index (Phi) is 4.00. The number of nitro benzene ring substituents is 1. The summed E-state index contributed by atoms with van der Waals surface area (Å²) in [6.07, 6.45) is 2.95. The zero-order valence-electron chi connectivity index (χ0n) is 9.42. The number of para-hydroxylation sites is 1. The van der Waals surface area contributed by atoms with Crippen LogP contribution in [-0.2, 0) is 5.33 Å². The van der Waals surface area contributed by atoms with E-state index >= 15 is 0 Å². The van der Waals surface area contributed by atoms with Gasteiger partial charge in [0.25, 0.3) is 0 Å². The zero-order chi connectivity index (χ0) is 13.8. The molecule has 0 fully saturated rings. The molecule has 8 heteroatoms. The van der Waals surface area contributed by atoms with Crippen LogP contribution >= 0.6 is 15.9 Å². The van der Waals surface area contributed by atoms with Crippen molar-refractivity contribution in [2.45, 2.75) is 5.33 Å². The Labute approximate surface area is 115 Å². The monoisotopic (exact) mass is 327 g/mol. The largest absolute Gasteiger partial charge is 0.414 e. The van der Waals surface area contributed by atoms with Crippen LogP contribution in [-0.4, -0.2) is 14.9 Å². The lowest BCUT2D eigenvalue weighted by atomic mass is 10.3. The topological polar surface area (TPSA) is 78.2 Å². The van der Waals surface area contributed by atoms with Crippen molar-refractivity contribution in [3.05, 3.63) is 52.1 Å². The first-order chi connectivity index (χ1) is 9.11. The van der Waals surface area contributed by atoms with Gasteiger partial charge in [0.15, 0.2) is 5.82 Å². The number of aromatic nitrogens is 2. The van der Waals surface area contributed by atoms with Crippen molar-refractivity contribution in [2.75, 3.05) is 0 Å². The van der Waals surface area contributed by atoms with E-state index in [1.165, 1.54) is 18.5 Å². The van der Waals surface area contributed by atoms with Crippen molar-refractivity contribution >= 4 is 21.6 Å². The van der Waals surface area contributed by atoms with Crippen LogP contribution in [0.3, 0.4) is 0 Å². The fraction of sp³-hybridized carbons (Fsp3) is 0.0909. The molecule has 0 aliphatic carbocycles. The van der Waals surface area contributed by atoms with E-state index in [0.29, 0.717) is 5.33 Å². The van der Waals surface area contributed by atoms with Crippen molar-refractivity contribution in [1.29, 1.82) is 0 Å². The highest BCUT2D eigenvalue weighted by molar-refractivity contribution is 9.08. The van der Waals surface area contributed by atoms with Gasteiger partial charge in [-0.25, -0.2) is 14.4 Å². The molecular formula is C11H7BrFN3O3. The Morgan fingerprint density at radius 1 is 1.37 bits per heavy atom. The van der Waals surface area contributed by atoms with Crippen molar-refractivity contribution in [3.63, 3.8) is 0 Å². The molecule has 0 saturated heterocycles. The van der Waals surface area contributed by atoms with E-state index in [-0.39, 0.29) is 6.01 Å². The standard InChI is InChI=1S/C11H7BrFN3O3/c12-4-7-5-14-11(15-6-7)19-10-8(13)2-1-3-9(10)16(17)18/h1-3,5-6H,4H2. The fourth-order valence-corrected chi connectivity index (χ4v) is 1.59. The Morgan fingerprint density at radius 3 is 2.63 bits per heavy atom. The number of rotatable bonds is 4. The predicted molar refractivity (Wildman–Crippen MR) is 67.8 cm³/mol. The van der Waals surface area contributed by atoms with Crippen molar-refractivity contribution in [2.24, 2.45) is 0 Å². The fourth-order valence-electron chi connectivity index (χ4n) is 1.30. The van der Waals surface area contributed by atoms with Crippen LogP contribution < -0.4 is 4.74 Å². The zero-order valence-corrected chi connectivity index (χ0v) is 11.0. The SMILES string of the molecule is O=[N+]([O-])c1cccc(F)c1Oc1ncc(CBr)cn1. The third-order valence-corrected chi connectivity index (χ3v) is 2.82. The van der Waals surface area contributed by atoms with Gasteiger partial charge in [0.05, 0.1) is 4.92 Å². The number of nitro groups is 1. The van der Waals surface area contributed by atoms with E-state index in [4.69, 9.17) is 4.74 Å². The van der Waals surface area contributed by atoms with Gasteiger partial charge in [-0.3, -0.25) is 10.1 Å². The molecule has 0 aliphatic heterocycles. The van der Waals surface area contributed by atoms with Gasteiger partial charge in [0.2, 0.25) is 5.75 Å². The van der Waals surface area contributed by atoms with E-state index in [9.17, 15) is 14.5 Å². The van der Waals surface area contributed by atoms with Crippen LogP contribution in [0.25, 0.3) is 0 Å². The normalized spacial score (nSPS) is 10.2. The van der Waals surface area contributed by atoms with Crippen LogP contribution in [0.5, 0.6) is 11.8 Å². The van der Waals surface area contributed by atoms with Gasteiger partial charge < -0.3 is 4.74 Å². The van der Waals surface area contributed by atoms with E-state index in [0.717, 1.165) is 17.7 Å². The summed E-state index contributed by atoms with van der Waals surface area (Å²) in [5.41, 5.74) is 0.323. The third kappa shape index (κ3) is 3.02. The van der Waals surface area contributed by atoms with Crippen LogP contribution in [0.1, 0.15) is 5.56 Å². The Morgan fingerprint density at radius 2 is 2.05 bits per heavy atom. The molecule has 0 atom stereocenters. The highest BCUT2D eigenvalue weighted by Crippen LogP contribution is 2.32. The minimum Gasteiger partial charge on any atom is -0.414 e. The molecule has 1 aromatic carbocycles. The van der Waals surface area contributed by atoms with Crippen LogP contribution in [0.2, 0.25) is 0 Å². The van der Waals surface area contributed by atoms with Crippen molar-refractivity contribution in [3.8, 4) is 11.8 Å². The average Bonchev–Trinajstić information content (AvgIpc) is 2.41. The maximum atomic E-state index is 13.5. The minimum absolute atomic E-state index is 0.155. The Balaban J connectivity index is 2.34. The number of ether oxygens (including phenoxy) is 1. The molecule has 0 spiro atoms. The molecule has 0 unspecified atom stereocenters. The number of hydrogen-bond acceptors (Lipinski definition) is 5. The second-order valence-corrected chi connectivity index (χ2v) is 4.02. The van der Waals surface area contributed by atoms with Crippen LogP contribution in [0.4, 0.5) is 10.1 Å². The summed E-state index contributed by atoms with van der Waals surface area (Å²) in [7, 11) is 0. The number of hydrogen-bond donors (Lipinski definition) is 0. The molecule has 2 aromatic rings. The van der Waals surface area contributed by atoms with Gasteiger partial charge >= 0.3 is 11.7 Å². The molecular weight excluding hydrogens is 321 g/mol. The van der Waals surface area contributed by atoms with Crippen molar-refractivity contribution < 1.29 is 14.1 Å². The molecule has 0 amide bonds. The van der Waals surface area contributed by atoms with E-state index in [2.05, 4.69) is 25.9 Å². The molecule has 2 rings (SSSR count). The summed E-state index contributed by atoms with van der Waals surface area (Å²) >= 11 is 3.22. The number of benzene rings is 1. The molecule has 0 bridgehead atoms. The summed E-state index contributed by atoms with van der Waals surface area (Å²) in [5, 5.41) is 11.3. The van der Waals surface area contributed by atoms with Gasteiger partial charge in [0.1, 0.15) is 0 Å². The van der Waals surface area contributed by atoms with Crippen LogP contribution in [0.15, 0.2) is 30.6 Å². The summed E-state index contributed by atoms with van der Waals surface area (Å²) in [5.74, 6) is -1.35. The molecule has 19 heavy (non-hydrogen) atoms. The lowest BCUT2D eigenvalue weighted by Crippen LogP contribution is -1.99. The molecule has 1 heterocycles. The van der Waals surface area contributed by atoms with E-state index < -0.39 is 22.2 Å². The molecule has 0 aliphatic rings. The van der Waals surface area contributed by atoms with Crippen molar-refractivity contribution in [1.82, 2.24) is 9.97 Å². The smallest absolute Gasteiger partial charge is 0.322 e. The Bertz CT molecular complexity index is 607. The maximum Gasteiger partial charge on any atom is 0.322 e. The molecule has 1 aromatic heterocycles. The van der Waals surface area contributed by atoms with Gasteiger partial charge in [-0.15, -0.1) is 0 Å². The first kappa shape index (κ1) is 13.3. The molecule has 98 valence electrons. The average molecular weight is 328 g/mol. The van der Waals surface area contributed by atoms with E-state index in [1.807, 2.05) is 0 Å². The first-order valence-electron chi connectivity index (χ1n) is 5.09. The maximum absolute atomic E-state index is 13.5. The van der Waals surface area contributed by atoms with Gasteiger partial charge in [-0.05, 0) is 11.6 Å². The Hall–Kier alpha value is -2.09. The predicted octanol–water partition coefficient (Wildman–Crippen LogP) is 3.21. The number of halogens is 2. The molecule has 0 radical (unpaired) electrons. The third-order valence-electron chi connectivity index (χ3n) is 2.17. The van der Waals surface area contributed by atoms with E-state index in [1.54, 1.807) is 0 Å². The lowest BCUT2D eigenvalue weighted by Gasteiger charge is -2.05. The first-order valence-corrected chi connectivity index (χ1v) is 6.21. The molecule has 6 nitrogen and oxygen atoms in total. The van der Waals surface area contributed by atoms with Crippen LogP contribution in [0, 0.1) is 15.9 Å². The van der Waals surface area contributed by atoms with Gasteiger partial charge in [-0.2, -0.15) is 0 Å². The second-order valence-electron chi connectivity index (χ2n) is 3.45. The highest BCUT2D eigenvalue weighted by atomic mass is 79.9. The molecule has 0 N–H and O–H groups in total.